The monoisotopic (exact) mass is 492 g/mol. The minimum atomic E-state index is -0.772. The predicted molar refractivity (Wildman–Crippen MR) is 122 cm³/mol. The molecule has 0 aliphatic carbocycles. The summed E-state index contributed by atoms with van der Waals surface area (Å²) in [5, 5.41) is 5.57. The van der Waals surface area contributed by atoms with Gasteiger partial charge in [-0.3, -0.25) is 14.5 Å². The van der Waals surface area contributed by atoms with Crippen LogP contribution in [0, 0.1) is 0 Å². The van der Waals surface area contributed by atoms with E-state index in [1.165, 1.54) is 0 Å². The van der Waals surface area contributed by atoms with Crippen molar-refractivity contribution in [3.63, 3.8) is 0 Å². The molecular weight excluding hydrogens is 452 g/mol. The average molecular weight is 493 g/mol. The van der Waals surface area contributed by atoms with Crippen molar-refractivity contribution < 1.29 is 43.0 Å². The SMILES string of the molecule is C=C(CONC(=O)OC(C)(C)C)NCCOCCOCCNC(=O)CONC(=O)OC(C)(C)C. The summed E-state index contributed by atoms with van der Waals surface area (Å²) < 4.78 is 20.7. The molecule has 0 spiro atoms. The van der Waals surface area contributed by atoms with Crippen LogP contribution in [0.2, 0.25) is 0 Å². The molecule has 198 valence electrons. The number of carbonyl (C=O) groups excluding carboxylic acids is 3. The Morgan fingerprint density at radius 3 is 1.59 bits per heavy atom. The molecule has 13 heteroatoms. The summed E-state index contributed by atoms with van der Waals surface area (Å²) in [6.45, 7) is 16.1. The fraction of sp³-hybridized carbons (Fsp3) is 0.762. The number of nitrogens with one attached hydrogen (secondary N) is 4. The molecule has 4 N–H and O–H groups in total. The number of rotatable bonds is 16. The van der Waals surface area contributed by atoms with Crippen LogP contribution in [0.4, 0.5) is 9.59 Å². The summed E-state index contributed by atoms with van der Waals surface area (Å²) in [7, 11) is 0. The van der Waals surface area contributed by atoms with E-state index in [1.54, 1.807) is 41.5 Å². The topological polar surface area (TPSA) is 155 Å². The van der Waals surface area contributed by atoms with Crippen LogP contribution in [-0.2, 0) is 33.4 Å². The van der Waals surface area contributed by atoms with E-state index in [4.69, 9.17) is 28.6 Å². The first-order valence-electron chi connectivity index (χ1n) is 10.8. The molecule has 0 saturated heterocycles. The summed E-state index contributed by atoms with van der Waals surface area (Å²) in [6.07, 6.45) is -1.45. The Balaban J connectivity index is 3.49. The van der Waals surface area contributed by atoms with E-state index in [0.717, 1.165) is 0 Å². The smallest absolute Gasteiger partial charge is 0.431 e. The Labute approximate surface area is 201 Å². The third-order valence-electron chi connectivity index (χ3n) is 3.12. The molecule has 0 aromatic carbocycles. The summed E-state index contributed by atoms with van der Waals surface area (Å²) in [6, 6.07) is 0. The molecule has 0 fully saturated rings. The van der Waals surface area contributed by atoms with Crippen molar-refractivity contribution in [2.75, 3.05) is 52.7 Å². The Hall–Kier alpha value is -2.61. The first-order valence-corrected chi connectivity index (χ1v) is 10.8. The Kier molecular flexibility index (Phi) is 15.6. The van der Waals surface area contributed by atoms with E-state index in [0.29, 0.717) is 38.7 Å². The normalized spacial score (nSPS) is 11.4. The van der Waals surface area contributed by atoms with Crippen molar-refractivity contribution in [1.29, 1.82) is 0 Å². The standard InChI is InChI=1S/C21H40N4O9/c1-16(14-31-24-18(27)33-20(2,3)4)22-8-10-29-12-13-30-11-9-23-17(26)15-32-25-19(28)34-21(5,6)7/h22H,1,8-15H2,2-7H3,(H,23,26)(H,24,27)(H,25,28). The van der Waals surface area contributed by atoms with E-state index in [1.807, 2.05) is 5.48 Å². The van der Waals surface area contributed by atoms with E-state index >= 15 is 0 Å². The highest BCUT2D eigenvalue weighted by Gasteiger charge is 2.17. The average Bonchev–Trinajstić information content (AvgIpc) is 2.66. The number of hydrogen-bond acceptors (Lipinski definition) is 10. The molecule has 13 nitrogen and oxygen atoms in total. The van der Waals surface area contributed by atoms with Crippen LogP contribution >= 0.6 is 0 Å². The van der Waals surface area contributed by atoms with E-state index in [9.17, 15) is 14.4 Å². The maximum Gasteiger partial charge on any atom is 0.431 e. The van der Waals surface area contributed by atoms with Crippen LogP contribution in [0.5, 0.6) is 0 Å². The van der Waals surface area contributed by atoms with Crippen LogP contribution in [0.25, 0.3) is 0 Å². The lowest BCUT2D eigenvalue weighted by Crippen LogP contribution is -2.37. The summed E-state index contributed by atoms with van der Waals surface area (Å²) >= 11 is 0. The van der Waals surface area contributed by atoms with Gasteiger partial charge in [-0.15, -0.1) is 0 Å². The van der Waals surface area contributed by atoms with Crippen LogP contribution in [0.3, 0.4) is 0 Å². The molecule has 0 radical (unpaired) electrons. The molecule has 0 aliphatic heterocycles. The van der Waals surface area contributed by atoms with Gasteiger partial charge in [-0.1, -0.05) is 6.58 Å². The van der Waals surface area contributed by atoms with Crippen molar-refractivity contribution in [2.24, 2.45) is 0 Å². The van der Waals surface area contributed by atoms with E-state index in [2.05, 4.69) is 22.7 Å². The minimum absolute atomic E-state index is 0.0795. The number of carbonyl (C=O) groups is 3. The van der Waals surface area contributed by atoms with Gasteiger partial charge in [-0.25, -0.2) is 9.59 Å². The maximum atomic E-state index is 11.6. The molecule has 34 heavy (non-hydrogen) atoms. The molecule has 0 rings (SSSR count). The third-order valence-corrected chi connectivity index (χ3v) is 3.12. The number of hydrogen-bond donors (Lipinski definition) is 4. The number of amides is 3. The molecule has 0 aromatic rings. The zero-order valence-corrected chi connectivity index (χ0v) is 21.0. The van der Waals surface area contributed by atoms with Crippen molar-refractivity contribution >= 4 is 18.1 Å². The molecular formula is C21H40N4O9. The highest BCUT2D eigenvalue weighted by atomic mass is 16.7. The Morgan fingerprint density at radius 1 is 0.676 bits per heavy atom. The number of hydroxylamine groups is 2. The van der Waals surface area contributed by atoms with Crippen molar-refractivity contribution in [2.45, 2.75) is 52.7 Å². The first kappa shape index (κ1) is 31.4. The Morgan fingerprint density at radius 2 is 1.12 bits per heavy atom. The van der Waals surface area contributed by atoms with Crippen molar-refractivity contribution in [1.82, 2.24) is 21.6 Å². The van der Waals surface area contributed by atoms with Crippen molar-refractivity contribution in [3.05, 3.63) is 12.3 Å². The van der Waals surface area contributed by atoms with E-state index < -0.39 is 29.3 Å². The quantitative estimate of drug-likeness (QED) is 0.182. The van der Waals surface area contributed by atoms with Gasteiger partial charge in [0.2, 0.25) is 5.91 Å². The van der Waals surface area contributed by atoms with Crippen LogP contribution in [0.15, 0.2) is 12.3 Å². The van der Waals surface area contributed by atoms with Crippen molar-refractivity contribution in [3.8, 4) is 0 Å². The van der Waals surface area contributed by atoms with Gasteiger partial charge >= 0.3 is 12.2 Å². The van der Waals surface area contributed by atoms with E-state index in [-0.39, 0.29) is 19.8 Å². The fourth-order valence-corrected chi connectivity index (χ4v) is 1.93. The highest BCUT2D eigenvalue weighted by Crippen LogP contribution is 2.06. The highest BCUT2D eigenvalue weighted by molar-refractivity contribution is 5.77. The molecule has 0 aliphatic rings. The largest absolute Gasteiger partial charge is 0.442 e. The first-order chi connectivity index (χ1) is 15.8. The molecule has 0 aromatic heterocycles. The zero-order chi connectivity index (χ0) is 26.0. The van der Waals surface area contributed by atoms with Crippen LogP contribution in [-0.4, -0.2) is 82.0 Å². The summed E-state index contributed by atoms with van der Waals surface area (Å²) in [5.41, 5.74) is 3.50. The fourth-order valence-electron chi connectivity index (χ4n) is 1.93. The summed E-state index contributed by atoms with van der Waals surface area (Å²) in [4.78, 5) is 44.1. The molecule has 0 bridgehead atoms. The van der Waals surface area contributed by atoms with Crippen LogP contribution < -0.4 is 21.6 Å². The second-order valence-electron chi connectivity index (χ2n) is 8.89. The van der Waals surface area contributed by atoms with Gasteiger partial charge < -0.3 is 29.6 Å². The lowest BCUT2D eigenvalue weighted by atomic mass is 10.2. The molecule has 0 unspecified atom stereocenters. The van der Waals surface area contributed by atoms with Gasteiger partial charge in [0.05, 0.1) is 26.4 Å². The van der Waals surface area contributed by atoms with Gasteiger partial charge in [0.15, 0.2) is 6.61 Å². The van der Waals surface area contributed by atoms with Gasteiger partial charge in [-0.2, -0.15) is 11.0 Å². The second-order valence-corrected chi connectivity index (χ2v) is 8.89. The van der Waals surface area contributed by atoms with Gasteiger partial charge in [-0.05, 0) is 41.5 Å². The molecule has 0 saturated carbocycles. The van der Waals surface area contributed by atoms with Crippen LogP contribution in [0.1, 0.15) is 41.5 Å². The molecule has 3 amide bonds. The third kappa shape index (κ3) is 22.6. The number of ether oxygens (including phenoxy) is 4. The maximum absolute atomic E-state index is 11.6. The summed E-state index contributed by atoms with van der Waals surface area (Å²) in [5.74, 6) is -0.410. The minimum Gasteiger partial charge on any atom is -0.442 e. The van der Waals surface area contributed by atoms with Gasteiger partial charge in [0, 0.05) is 18.8 Å². The zero-order valence-electron chi connectivity index (χ0n) is 21.0. The lowest BCUT2D eigenvalue weighted by Gasteiger charge is -2.19. The predicted octanol–water partition coefficient (Wildman–Crippen LogP) is 1.15. The molecule has 0 atom stereocenters. The lowest BCUT2D eigenvalue weighted by molar-refractivity contribution is -0.128. The second kappa shape index (κ2) is 16.9. The molecule has 0 heterocycles. The van der Waals surface area contributed by atoms with Gasteiger partial charge in [0.1, 0.15) is 17.8 Å². The Bertz CT molecular complexity index is 577. The van der Waals surface area contributed by atoms with Gasteiger partial charge in [0.25, 0.3) is 0 Å².